The fraction of sp³-hybridized carbons (Fsp3) is 0.409. The number of carbonyl (C=O) groups is 1. The monoisotopic (exact) mass is 430 g/mol. The average Bonchev–Trinajstić information content (AvgIpc) is 2.73. The summed E-state index contributed by atoms with van der Waals surface area (Å²) in [7, 11) is 3.60. The topological polar surface area (TPSA) is 64.2 Å². The molecular formula is C22H30N4O3S. The van der Waals surface area contributed by atoms with Crippen molar-refractivity contribution >= 4 is 21.6 Å². The standard InChI is InChI=1S/C22H30N4O3S/c1-23(2)17-18-6-5-7-20(16-18)25-12-14-26(15-13-25)22(27)19-8-10-21(11-9-19)30(28,29)24(3)4/h5-11,16H,12-15,17H2,1-4H3. The molecule has 7 nitrogen and oxygen atoms in total. The van der Waals surface area contributed by atoms with Crippen molar-refractivity contribution in [2.24, 2.45) is 0 Å². The van der Waals surface area contributed by atoms with Crippen LogP contribution in [0.4, 0.5) is 5.69 Å². The number of nitrogens with zero attached hydrogens (tertiary/aromatic N) is 4. The van der Waals surface area contributed by atoms with E-state index in [1.54, 1.807) is 12.1 Å². The molecule has 1 fully saturated rings. The van der Waals surface area contributed by atoms with Gasteiger partial charge >= 0.3 is 0 Å². The maximum atomic E-state index is 12.9. The zero-order chi connectivity index (χ0) is 21.9. The molecule has 30 heavy (non-hydrogen) atoms. The fourth-order valence-corrected chi connectivity index (χ4v) is 4.45. The number of hydrogen-bond acceptors (Lipinski definition) is 5. The van der Waals surface area contributed by atoms with E-state index in [1.165, 1.54) is 37.5 Å². The average molecular weight is 431 g/mol. The molecule has 1 aliphatic heterocycles. The lowest BCUT2D eigenvalue weighted by Crippen LogP contribution is -2.48. The first-order valence-electron chi connectivity index (χ1n) is 9.99. The van der Waals surface area contributed by atoms with Gasteiger partial charge in [0.2, 0.25) is 10.0 Å². The Kier molecular flexibility index (Phi) is 6.80. The van der Waals surface area contributed by atoms with Gasteiger partial charge in [-0.05, 0) is 56.1 Å². The molecule has 0 radical (unpaired) electrons. The summed E-state index contributed by atoms with van der Waals surface area (Å²) in [5.41, 5.74) is 2.96. The highest BCUT2D eigenvalue weighted by atomic mass is 32.2. The van der Waals surface area contributed by atoms with Gasteiger partial charge in [0, 0.05) is 58.1 Å². The fourth-order valence-electron chi connectivity index (χ4n) is 3.55. The first-order chi connectivity index (χ1) is 14.2. The van der Waals surface area contributed by atoms with Gasteiger partial charge in [0.05, 0.1) is 4.90 Å². The third-order valence-corrected chi connectivity index (χ3v) is 7.05. The van der Waals surface area contributed by atoms with Crippen LogP contribution in [0, 0.1) is 0 Å². The smallest absolute Gasteiger partial charge is 0.253 e. The van der Waals surface area contributed by atoms with Gasteiger partial charge in [0.1, 0.15) is 0 Å². The largest absolute Gasteiger partial charge is 0.368 e. The summed E-state index contributed by atoms with van der Waals surface area (Å²) in [6.45, 7) is 3.70. The Balaban J connectivity index is 1.63. The number of rotatable bonds is 6. The zero-order valence-electron chi connectivity index (χ0n) is 18.1. The van der Waals surface area contributed by atoms with Crippen molar-refractivity contribution in [2.45, 2.75) is 11.4 Å². The molecule has 0 atom stereocenters. The summed E-state index contributed by atoms with van der Waals surface area (Å²) in [5, 5.41) is 0. The summed E-state index contributed by atoms with van der Waals surface area (Å²) in [6, 6.07) is 14.7. The van der Waals surface area contributed by atoms with Crippen LogP contribution >= 0.6 is 0 Å². The molecule has 0 aromatic heterocycles. The number of anilines is 1. The van der Waals surface area contributed by atoms with Crippen molar-refractivity contribution < 1.29 is 13.2 Å². The minimum atomic E-state index is -3.49. The molecule has 3 rings (SSSR count). The summed E-state index contributed by atoms with van der Waals surface area (Å²) in [5.74, 6) is -0.0650. The quantitative estimate of drug-likeness (QED) is 0.701. The molecule has 1 amide bonds. The Morgan fingerprint density at radius 2 is 1.57 bits per heavy atom. The van der Waals surface area contributed by atoms with Gasteiger partial charge in [-0.3, -0.25) is 4.79 Å². The van der Waals surface area contributed by atoms with Crippen LogP contribution in [-0.4, -0.2) is 82.8 Å². The minimum Gasteiger partial charge on any atom is -0.368 e. The van der Waals surface area contributed by atoms with Gasteiger partial charge in [-0.15, -0.1) is 0 Å². The van der Waals surface area contributed by atoms with Crippen LogP contribution in [0.25, 0.3) is 0 Å². The maximum absolute atomic E-state index is 12.9. The molecule has 2 aromatic carbocycles. The van der Waals surface area contributed by atoms with E-state index >= 15 is 0 Å². The van der Waals surface area contributed by atoms with Gasteiger partial charge in [0.25, 0.3) is 5.91 Å². The van der Waals surface area contributed by atoms with Crippen molar-refractivity contribution in [3.05, 3.63) is 59.7 Å². The first kappa shape index (κ1) is 22.3. The van der Waals surface area contributed by atoms with Gasteiger partial charge in [-0.25, -0.2) is 12.7 Å². The highest BCUT2D eigenvalue weighted by Crippen LogP contribution is 2.20. The van der Waals surface area contributed by atoms with E-state index in [4.69, 9.17) is 0 Å². The predicted molar refractivity (Wildman–Crippen MR) is 119 cm³/mol. The lowest BCUT2D eigenvalue weighted by molar-refractivity contribution is 0.0746. The zero-order valence-corrected chi connectivity index (χ0v) is 18.9. The second kappa shape index (κ2) is 9.16. The SMILES string of the molecule is CN(C)Cc1cccc(N2CCN(C(=O)c3ccc(S(=O)(=O)N(C)C)cc3)CC2)c1. The summed E-state index contributed by atoms with van der Waals surface area (Å²) in [6.07, 6.45) is 0. The van der Waals surface area contributed by atoms with Crippen LogP contribution in [0.5, 0.6) is 0 Å². The van der Waals surface area contributed by atoms with E-state index in [0.717, 1.165) is 23.9 Å². The lowest BCUT2D eigenvalue weighted by atomic mass is 10.1. The Morgan fingerprint density at radius 1 is 0.933 bits per heavy atom. The molecule has 162 valence electrons. The van der Waals surface area contributed by atoms with Gasteiger partial charge in [-0.1, -0.05) is 12.1 Å². The normalized spacial score (nSPS) is 15.1. The summed E-state index contributed by atoms with van der Waals surface area (Å²) in [4.78, 5) is 19.3. The Hall–Kier alpha value is -2.42. The number of hydrogen-bond donors (Lipinski definition) is 0. The molecular weight excluding hydrogens is 400 g/mol. The van der Waals surface area contributed by atoms with Crippen molar-refractivity contribution in [3.8, 4) is 0 Å². The summed E-state index contributed by atoms with van der Waals surface area (Å²) < 4.78 is 25.5. The second-order valence-electron chi connectivity index (χ2n) is 8.00. The number of carbonyl (C=O) groups excluding carboxylic acids is 1. The molecule has 1 heterocycles. The Morgan fingerprint density at radius 3 is 2.13 bits per heavy atom. The van der Waals surface area contributed by atoms with Crippen molar-refractivity contribution in [1.29, 1.82) is 0 Å². The number of piperazine rings is 1. The molecule has 8 heteroatoms. The van der Waals surface area contributed by atoms with E-state index < -0.39 is 10.0 Å². The van der Waals surface area contributed by atoms with Crippen LogP contribution in [0.1, 0.15) is 15.9 Å². The van der Waals surface area contributed by atoms with Crippen LogP contribution in [0.2, 0.25) is 0 Å². The highest BCUT2D eigenvalue weighted by molar-refractivity contribution is 7.89. The Labute approximate surface area is 179 Å². The van der Waals surface area contributed by atoms with Crippen LogP contribution < -0.4 is 4.90 Å². The number of amides is 1. The molecule has 0 bridgehead atoms. The van der Waals surface area contributed by atoms with E-state index in [-0.39, 0.29) is 10.8 Å². The molecule has 2 aromatic rings. The molecule has 0 unspecified atom stereocenters. The summed E-state index contributed by atoms with van der Waals surface area (Å²) >= 11 is 0. The van der Waals surface area contributed by atoms with Crippen LogP contribution in [-0.2, 0) is 16.6 Å². The van der Waals surface area contributed by atoms with E-state index in [9.17, 15) is 13.2 Å². The van der Waals surface area contributed by atoms with Crippen LogP contribution in [0.15, 0.2) is 53.4 Å². The number of benzene rings is 2. The lowest BCUT2D eigenvalue weighted by Gasteiger charge is -2.36. The Bertz CT molecular complexity index is 980. The minimum absolute atomic E-state index is 0.0650. The molecule has 0 N–H and O–H groups in total. The number of sulfonamides is 1. The van der Waals surface area contributed by atoms with Crippen molar-refractivity contribution in [2.75, 3.05) is 59.3 Å². The van der Waals surface area contributed by atoms with E-state index in [0.29, 0.717) is 18.7 Å². The van der Waals surface area contributed by atoms with Crippen LogP contribution in [0.3, 0.4) is 0 Å². The second-order valence-corrected chi connectivity index (χ2v) is 10.2. The maximum Gasteiger partial charge on any atom is 0.253 e. The molecule has 1 saturated heterocycles. The third kappa shape index (κ3) is 5.00. The third-order valence-electron chi connectivity index (χ3n) is 5.22. The van der Waals surface area contributed by atoms with Crippen molar-refractivity contribution in [1.82, 2.24) is 14.1 Å². The molecule has 0 spiro atoms. The predicted octanol–water partition coefficient (Wildman–Crippen LogP) is 1.96. The molecule has 1 aliphatic rings. The molecule has 0 saturated carbocycles. The highest BCUT2D eigenvalue weighted by Gasteiger charge is 2.23. The first-order valence-corrected chi connectivity index (χ1v) is 11.4. The van der Waals surface area contributed by atoms with Gasteiger partial charge in [0.15, 0.2) is 0 Å². The van der Waals surface area contributed by atoms with E-state index in [2.05, 4.69) is 48.2 Å². The molecule has 0 aliphatic carbocycles. The van der Waals surface area contributed by atoms with Gasteiger partial charge < -0.3 is 14.7 Å². The van der Waals surface area contributed by atoms with Crippen molar-refractivity contribution in [3.63, 3.8) is 0 Å². The van der Waals surface area contributed by atoms with Gasteiger partial charge in [-0.2, -0.15) is 0 Å². The van der Waals surface area contributed by atoms with E-state index in [1.807, 2.05) is 4.90 Å².